The molecule has 0 saturated carbocycles. The molecule has 2 atom stereocenters. The molecule has 3 aromatic carbocycles. The fraction of sp³-hybridized carbons (Fsp3) is 0.394. The zero-order chi connectivity index (χ0) is 32.2. The number of anilines is 1. The van der Waals surface area contributed by atoms with Gasteiger partial charge in [0.05, 0.1) is 29.4 Å². The molecule has 0 spiro atoms. The summed E-state index contributed by atoms with van der Waals surface area (Å²) in [6.45, 7) is 4.36. The second kappa shape index (κ2) is 13.6. The highest BCUT2D eigenvalue weighted by Crippen LogP contribution is 2.38. The molecule has 2 aliphatic heterocycles. The number of carbonyl (C=O) groups excluding carboxylic acids is 2. The number of morpholine rings is 1. The second-order valence-electron chi connectivity index (χ2n) is 11.3. The highest BCUT2D eigenvalue weighted by atomic mass is 32.2. The average molecular weight is 644 g/mol. The smallest absolute Gasteiger partial charge is 0.378 e. The van der Waals surface area contributed by atoms with Gasteiger partial charge < -0.3 is 19.9 Å². The summed E-state index contributed by atoms with van der Waals surface area (Å²) in [5, 5.41) is 2.85. The molecule has 0 bridgehead atoms. The van der Waals surface area contributed by atoms with E-state index in [2.05, 4.69) is 10.2 Å². The lowest BCUT2D eigenvalue weighted by molar-refractivity contribution is -0.137. The first-order chi connectivity index (χ1) is 21.4. The van der Waals surface area contributed by atoms with Crippen LogP contribution < -0.4 is 10.2 Å². The standard InChI is InChI=1S/C33H36F3N3O5S/c1-2-45(42,43)30-13-3-23(4-14-30)21-37-32(41)25-7-11-28(12-8-25)39-22-26(24-5-9-27(10-6-24)33(34,35)36)19-29(39)20-31(40)38-15-17-44-18-16-38/h3-14,26,29H,2,15-22H2,1H3,(H,37,41)/t26?,29-/m0/s1. The Labute approximate surface area is 261 Å². The van der Waals surface area contributed by atoms with Crippen LogP contribution in [-0.2, 0) is 32.1 Å². The number of alkyl halides is 3. The maximum Gasteiger partial charge on any atom is 0.416 e. The Bertz CT molecular complexity index is 1590. The number of benzene rings is 3. The van der Waals surface area contributed by atoms with Crippen LogP contribution in [0.2, 0.25) is 0 Å². The van der Waals surface area contributed by atoms with Gasteiger partial charge in [-0.2, -0.15) is 13.2 Å². The molecule has 2 saturated heterocycles. The highest BCUT2D eigenvalue weighted by molar-refractivity contribution is 7.91. The van der Waals surface area contributed by atoms with Crippen molar-refractivity contribution in [2.45, 2.75) is 49.3 Å². The van der Waals surface area contributed by atoms with Crippen molar-refractivity contribution in [1.29, 1.82) is 0 Å². The van der Waals surface area contributed by atoms with Gasteiger partial charge in [-0.05, 0) is 66.1 Å². The van der Waals surface area contributed by atoms with Crippen molar-refractivity contribution >= 4 is 27.3 Å². The summed E-state index contributed by atoms with van der Waals surface area (Å²) >= 11 is 0. The topological polar surface area (TPSA) is 96.0 Å². The van der Waals surface area contributed by atoms with Crippen LogP contribution in [0.1, 0.15) is 52.7 Å². The molecular weight excluding hydrogens is 607 g/mol. The van der Waals surface area contributed by atoms with Crippen molar-refractivity contribution in [2.24, 2.45) is 0 Å². The van der Waals surface area contributed by atoms with Gasteiger partial charge in [-0.1, -0.05) is 31.2 Å². The minimum atomic E-state index is -4.41. The SMILES string of the molecule is CCS(=O)(=O)c1ccc(CNC(=O)c2ccc(N3CC(c4ccc(C(F)(F)F)cc4)C[C@H]3CC(=O)N3CCOCC3)cc2)cc1. The Morgan fingerprint density at radius 1 is 0.933 bits per heavy atom. The number of ether oxygens (including phenoxy) is 1. The van der Waals surface area contributed by atoms with E-state index >= 15 is 0 Å². The average Bonchev–Trinajstić information content (AvgIpc) is 3.47. The van der Waals surface area contributed by atoms with Crippen LogP contribution in [0.25, 0.3) is 0 Å². The molecule has 45 heavy (non-hydrogen) atoms. The summed E-state index contributed by atoms with van der Waals surface area (Å²) in [5.74, 6) is -0.346. The maximum absolute atomic E-state index is 13.2. The van der Waals surface area contributed by atoms with E-state index in [0.29, 0.717) is 44.8 Å². The molecule has 8 nitrogen and oxygen atoms in total. The van der Waals surface area contributed by atoms with Crippen LogP contribution in [-0.4, -0.2) is 69.8 Å². The Morgan fingerprint density at radius 2 is 1.58 bits per heavy atom. The molecule has 0 aromatic heterocycles. The van der Waals surface area contributed by atoms with E-state index in [1.54, 1.807) is 36.1 Å². The molecule has 5 rings (SSSR count). The van der Waals surface area contributed by atoms with E-state index < -0.39 is 21.6 Å². The van der Waals surface area contributed by atoms with Gasteiger partial charge in [-0.25, -0.2) is 8.42 Å². The van der Waals surface area contributed by atoms with Crippen molar-refractivity contribution in [1.82, 2.24) is 10.2 Å². The summed E-state index contributed by atoms with van der Waals surface area (Å²) in [6.07, 6.45) is -3.55. The van der Waals surface area contributed by atoms with E-state index in [9.17, 15) is 31.2 Å². The minimum absolute atomic E-state index is 0.0111. The Morgan fingerprint density at radius 3 is 2.18 bits per heavy atom. The molecule has 3 aromatic rings. The van der Waals surface area contributed by atoms with Crippen LogP contribution in [0.3, 0.4) is 0 Å². The molecule has 12 heteroatoms. The van der Waals surface area contributed by atoms with E-state index in [1.165, 1.54) is 24.3 Å². The van der Waals surface area contributed by atoms with Crippen molar-refractivity contribution in [3.05, 3.63) is 95.1 Å². The first-order valence-corrected chi connectivity index (χ1v) is 16.6. The third-order valence-electron chi connectivity index (χ3n) is 8.47. The fourth-order valence-electron chi connectivity index (χ4n) is 5.83. The lowest BCUT2D eigenvalue weighted by Gasteiger charge is -2.31. The van der Waals surface area contributed by atoms with Gasteiger partial charge in [0.15, 0.2) is 9.84 Å². The van der Waals surface area contributed by atoms with Crippen LogP contribution >= 0.6 is 0 Å². The number of hydrogen-bond donors (Lipinski definition) is 1. The van der Waals surface area contributed by atoms with E-state index in [1.807, 2.05) is 12.1 Å². The number of rotatable bonds is 9. The number of amides is 2. The van der Waals surface area contributed by atoms with Gasteiger partial charge in [-0.3, -0.25) is 9.59 Å². The van der Waals surface area contributed by atoms with Crippen molar-refractivity contribution in [3.8, 4) is 0 Å². The summed E-state index contributed by atoms with van der Waals surface area (Å²) in [7, 11) is -3.30. The molecule has 240 valence electrons. The number of hydrogen-bond acceptors (Lipinski definition) is 6. The van der Waals surface area contributed by atoms with Crippen LogP contribution in [0.15, 0.2) is 77.7 Å². The molecule has 1 unspecified atom stereocenters. The van der Waals surface area contributed by atoms with Crippen molar-refractivity contribution < 1.29 is 35.9 Å². The Hall–Kier alpha value is -3.90. The summed E-state index contributed by atoms with van der Waals surface area (Å²) in [6, 6.07) is 18.5. The normalized spacial score (nSPS) is 19.0. The zero-order valence-corrected chi connectivity index (χ0v) is 25.7. The molecule has 2 amide bonds. The third-order valence-corrected chi connectivity index (χ3v) is 10.2. The van der Waals surface area contributed by atoms with E-state index in [-0.39, 0.29) is 47.4 Å². The Kier molecular flexibility index (Phi) is 9.83. The molecular formula is C33H36F3N3O5S. The highest BCUT2D eigenvalue weighted by Gasteiger charge is 2.36. The summed E-state index contributed by atoms with van der Waals surface area (Å²) < 4.78 is 68.9. The number of halogens is 3. The fourth-order valence-corrected chi connectivity index (χ4v) is 6.71. The minimum Gasteiger partial charge on any atom is -0.378 e. The molecule has 2 aliphatic rings. The summed E-state index contributed by atoms with van der Waals surface area (Å²) in [5.41, 5.74) is 2.09. The van der Waals surface area contributed by atoms with Gasteiger partial charge in [0.2, 0.25) is 5.91 Å². The first kappa shape index (κ1) is 32.5. The molecule has 2 heterocycles. The third kappa shape index (κ3) is 7.85. The monoisotopic (exact) mass is 643 g/mol. The van der Waals surface area contributed by atoms with Crippen LogP contribution in [0.5, 0.6) is 0 Å². The molecule has 1 N–H and O–H groups in total. The van der Waals surface area contributed by atoms with Crippen LogP contribution in [0, 0.1) is 0 Å². The van der Waals surface area contributed by atoms with Crippen molar-refractivity contribution in [3.63, 3.8) is 0 Å². The lowest BCUT2D eigenvalue weighted by Crippen LogP contribution is -2.43. The summed E-state index contributed by atoms with van der Waals surface area (Å²) in [4.78, 5) is 30.2. The zero-order valence-electron chi connectivity index (χ0n) is 24.9. The van der Waals surface area contributed by atoms with Gasteiger partial charge in [-0.15, -0.1) is 0 Å². The van der Waals surface area contributed by atoms with Crippen molar-refractivity contribution in [2.75, 3.05) is 43.5 Å². The van der Waals surface area contributed by atoms with Gasteiger partial charge >= 0.3 is 6.18 Å². The Balaban J connectivity index is 1.28. The number of nitrogens with one attached hydrogen (secondary N) is 1. The number of carbonyl (C=O) groups is 2. The quantitative estimate of drug-likeness (QED) is 0.351. The number of sulfone groups is 1. The lowest BCUT2D eigenvalue weighted by atomic mass is 9.94. The van der Waals surface area contributed by atoms with E-state index in [0.717, 1.165) is 28.9 Å². The predicted octanol–water partition coefficient (Wildman–Crippen LogP) is 5.04. The largest absolute Gasteiger partial charge is 0.416 e. The van der Waals surface area contributed by atoms with Gasteiger partial charge in [0.1, 0.15) is 0 Å². The van der Waals surface area contributed by atoms with E-state index in [4.69, 9.17) is 4.74 Å². The predicted molar refractivity (Wildman–Crippen MR) is 164 cm³/mol. The molecule has 0 radical (unpaired) electrons. The molecule has 2 fully saturated rings. The maximum atomic E-state index is 13.2. The molecule has 0 aliphatic carbocycles. The van der Waals surface area contributed by atoms with Gasteiger partial charge in [0.25, 0.3) is 5.91 Å². The number of nitrogens with zero attached hydrogens (tertiary/aromatic N) is 2. The van der Waals surface area contributed by atoms with Crippen LogP contribution in [0.4, 0.5) is 18.9 Å². The second-order valence-corrected chi connectivity index (χ2v) is 13.6. The first-order valence-electron chi connectivity index (χ1n) is 14.9. The van der Waals surface area contributed by atoms with Gasteiger partial charge in [0, 0.05) is 55.8 Å².